The molecule has 0 amide bonds. The molecule has 0 N–H and O–H groups in total. The van der Waals surface area contributed by atoms with Gasteiger partial charge in [0.25, 0.3) is 0 Å². The smallest absolute Gasteiger partial charge is 0.176 e. The van der Waals surface area contributed by atoms with Crippen molar-refractivity contribution in [2.45, 2.75) is 6.04 Å². The number of carbonyl (C=O) groups excluding carboxylic acids is 2. The highest BCUT2D eigenvalue weighted by Crippen LogP contribution is 1.99. The third-order valence-electron chi connectivity index (χ3n) is 1.16. The summed E-state index contributed by atoms with van der Waals surface area (Å²) < 4.78 is 0. The summed E-state index contributed by atoms with van der Waals surface area (Å²) in [6, 6.07) is -0.143. The Hall–Kier alpha value is -0.350. The van der Waals surface area contributed by atoms with Crippen LogP contribution in [-0.2, 0) is 9.59 Å². The van der Waals surface area contributed by atoms with Crippen molar-refractivity contribution in [1.82, 2.24) is 4.90 Å². The number of aldehydes is 1. The van der Waals surface area contributed by atoms with Crippen LogP contribution >= 0.6 is 11.8 Å². The number of nitrogens with zero attached hydrogens (tertiary/aromatic N) is 1. The molecular weight excluding hydrogens is 150 g/mol. The highest BCUT2D eigenvalue weighted by Gasteiger charge is 2.08. The first-order valence-corrected chi connectivity index (χ1v) is 3.94. The maximum absolute atomic E-state index is 10.3. The van der Waals surface area contributed by atoms with Crippen LogP contribution in [0.1, 0.15) is 0 Å². The maximum atomic E-state index is 10.3. The van der Waals surface area contributed by atoms with E-state index in [1.807, 2.05) is 14.1 Å². The lowest BCUT2D eigenvalue weighted by Crippen LogP contribution is -2.31. The molecule has 0 radical (unpaired) electrons. The van der Waals surface area contributed by atoms with Gasteiger partial charge in [0, 0.05) is 5.75 Å². The lowest BCUT2D eigenvalue weighted by Gasteiger charge is -2.15. The fourth-order valence-electron chi connectivity index (χ4n) is 0.448. The van der Waals surface area contributed by atoms with Crippen molar-refractivity contribution in [3.05, 3.63) is 0 Å². The second-order valence-corrected chi connectivity index (χ2v) is 2.96. The van der Waals surface area contributed by atoms with Gasteiger partial charge in [-0.25, -0.2) is 0 Å². The minimum atomic E-state index is -0.143. The van der Waals surface area contributed by atoms with Crippen molar-refractivity contribution in [2.75, 3.05) is 19.8 Å². The zero-order valence-corrected chi connectivity index (χ0v) is 6.93. The van der Waals surface area contributed by atoms with Gasteiger partial charge in [-0.1, -0.05) is 11.8 Å². The van der Waals surface area contributed by atoms with Crippen molar-refractivity contribution in [3.63, 3.8) is 0 Å². The highest BCUT2D eigenvalue weighted by atomic mass is 32.2. The van der Waals surface area contributed by atoms with E-state index in [1.54, 1.807) is 4.90 Å². The van der Waals surface area contributed by atoms with E-state index in [1.165, 1.54) is 0 Å². The lowest BCUT2D eigenvalue weighted by atomic mass is 10.3. The molecule has 1 unspecified atom stereocenters. The molecule has 0 aliphatic heterocycles. The van der Waals surface area contributed by atoms with Crippen LogP contribution in [0.3, 0.4) is 0 Å². The Labute approximate surface area is 64.8 Å². The van der Waals surface area contributed by atoms with E-state index in [0.717, 1.165) is 23.7 Å². The van der Waals surface area contributed by atoms with Crippen LogP contribution in [0.25, 0.3) is 0 Å². The molecule has 3 nitrogen and oxygen atoms in total. The number of likely N-dealkylation sites (N-methyl/N-ethyl adjacent to an activating group) is 1. The first kappa shape index (κ1) is 9.65. The van der Waals surface area contributed by atoms with Gasteiger partial charge in [-0.2, -0.15) is 0 Å². The van der Waals surface area contributed by atoms with Gasteiger partial charge in [-0.15, -0.1) is 0 Å². The summed E-state index contributed by atoms with van der Waals surface area (Å²) in [4.78, 5) is 21.9. The normalized spacial score (nSPS) is 13.1. The summed E-state index contributed by atoms with van der Waals surface area (Å²) in [5, 5.41) is 0. The Morgan fingerprint density at radius 2 is 2.10 bits per heavy atom. The van der Waals surface area contributed by atoms with Gasteiger partial charge in [0.05, 0.1) is 6.04 Å². The number of hydrogen-bond donors (Lipinski definition) is 0. The van der Waals surface area contributed by atoms with Crippen molar-refractivity contribution >= 4 is 23.7 Å². The van der Waals surface area contributed by atoms with Crippen LogP contribution in [0.5, 0.6) is 0 Å². The first-order valence-electron chi connectivity index (χ1n) is 2.89. The molecule has 1 atom stereocenters. The SMILES string of the molecule is CN(C)C(C=O)CSC=O. The van der Waals surface area contributed by atoms with Crippen LogP contribution in [-0.4, -0.2) is 42.7 Å². The van der Waals surface area contributed by atoms with Crippen LogP contribution in [0.15, 0.2) is 0 Å². The third-order valence-corrected chi connectivity index (χ3v) is 1.83. The molecule has 0 saturated heterocycles. The standard InChI is InChI=1S/C6H11NO2S/c1-7(2)6(3-8)4-10-5-9/h3,5-6H,4H2,1-2H3. The predicted octanol–water partition coefficient (Wildman–Crippen LogP) is 0.0389. The quantitative estimate of drug-likeness (QED) is 0.533. The summed E-state index contributed by atoms with van der Waals surface area (Å²) in [6.07, 6.45) is 0.844. The summed E-state index contributed by atoms with van der Waals surface area (Å²) in [5.74, 6) is 0.542. The van der Waals surface area contributed by atoms with E-state index in [-0.39, 0.29) is 6.04 Å². The second-order valence-electron chi connectivity index (χ2n) is 2.10. The van der Waals surface area contributed by atoms with E-state index in [4.69, 9.17) is 0 Å². The van der Waals surface area contributed by atoms with Gasteiger partial charge in [0.15, 0.2) is 5.62 Å². The number of hydrogen-bond acceptors (Lipinski definition) is 4. The van der Waals surface area contributed by atoms with Crippen molar-refractivity contribution in [1.29, 1.82) is 0 Å². The molecule has 10 heavy (non-hydrogen) atoms. The Balaban J connectivity index is 3.59. The van der Waals surface area contributed by atoms with Crippen molar-refractivity contribution in [3.8, 4) is 0 Å². The molecule has 0 aromatic heterocycles. The Kier molecular flexibility index (Phi) is 5.25. The molecule has 0 rings (SSSR count). The average molecular weight is 161 g/mol. The van der Waals surface area contributed by atoms with Crippen LogP contribution in [0.2, 0.25) is 0 Å². The minimum Gasteiger partial charge on any atom is -0.302 e. The number of carbonyl (C=O) groups is 2. The van der Waals surface area contributed by atoms with Crippen LogP contribution in [0.4, 0.5) is 0 Å². The molecule has 0 heterocycles. The largest absolute Gasteiger partial charge is 0.302 e. The summed E-state index contributed by atoms with van der Waals surface area (Å²) >= 11 is 1.12. The van der Waals surface area contributed by atoms with E-state index < -0.39 is 0 Å². The third kappa shape index (κ3) is 3.63. The fraction of sp³-hybridized carbons (Fsp3) is 0.667. The molecule has 58 valence electrons. The molecular formula is C6H11NO2S. The summed E-state index contributed by atoms with van der Waals surface area (Å²) in [7, 11) is 3.62. The van der Waals surface area contributed by atoms with Crippen molar-refractivity contribution < 1.29 is 9.59 Å². The van der Waals surface area contributed by atoms with Gasteiger partial charge in [0.2, 0.25) is 0 Å². The topological polar surface area (TPSA) is 37.4 Å². The first-order chi connectivity index (χ1) is 4.72. The van der Waals surface area contributed by atoms with Crippen LogP contribution in [0, 0.1) is 0 Å². The van der Waals surface area contributed by atoms with Gasteiger partial charge < -0.3 is 4.79 Å². The average Bonchev–Trinajstić information content (AvgIpc) is 1.89. The Morgan fingerprint density at radius 1 is 1.50 bits per heavy atom. The highest BCUT2D eigenvalue weighted by molar-refractivity contribution is 8.11. The molecule has 0 aliphatic rings. The molecule has 4 heteroatoms. The number of thioether (sulfide) groups is 1. The summed E-state index contributed by atoms with van der Waals surface area (Å²) in [5.41, 5.74) is 0.750. The Morgan fingerprint density at radius 3 is 2.40 bits per heavy atom. The molecule has 0 aliphatic carbocycles. The molecule has 0 fully saturated rings. The monoisotopic (exact) mass is 161 g/mol. The maximum Gasteiger partial charge on any atom is 0.176 e. The molecule has 0 saturated carbocycles. The molecule has 0 bridgehead atoms. The van der Waals surface area contributed by atoms with Gasteiger partial charge in [-0.3, -0.25) is 9.69 Å². The number of rotatable bonds is 5. The van der Waals surface area contributed by atoms with E-state index in [2.05, 4.69) is 0 Å². The van der Waals surface area contributed by atoms with Gasteiger partial charge >= 0.3 is 0 Å². The second kappa shape index (κ2) is 5.44. The zero-order chi connectivity index (χ0) is 7.98. The zero-order valence-electron chi connectivity index (χ0n) is 6.11. The van der Waals surface area contributed by atoms with E-state index in [9.17, 15) is 9.59 Å². The Bertz CT molecular complexity index is 116. The predicted molar refractivity (Wildman–Crippen MR) is 42.7 cm³/mol. The molecule has 0 aromatic carbocycles. The van der Waals surface area contributed by atoms with E-state index in [0.29, 0.717) is 5.75 Å². The lowest BCUT2D eigenvalue weighted by molar-refractivity contribution is -0.110. The minimum absolute atomic E-state index is 0.143. The summed E-state index contributed by atoms with van der Waals surface area (Å²) in [6.45, 7) is 0. The molecule has 0 aromatic rings. The fourth-order valence-corrected chi connectivity index (χ4v) is 1.10. The van der Waals surface area contributed by atoms with Crippen molar-refractivity contribution in [2.24, 2.45) is 0 Å². The molecule has 0 spiro atoms. The van der Waals surface area contributed by atoms with Gasteiger partial charge in [0.1, 0.15) is 6.29 Å². The van der Waals surface area contributed by atoms with Crippen LogP contribution < -0.4 is 0 Å². The van der Waals surface area contributed by atoms with Gasteiger partial charge in [-0.05, 0) is 14.1 Å². The van der Waals surface area contributed by atoms with E-state index >= 15 is 0 Å².